The van der Waals surface area contributed by atoms with Gasteiger partial charge in [-0.2, -0.15) is 5.26 Å². The molecular weight excluding hydrogens is 194 g/mol. The molecule has 1 N–H and O–H groups in total. The van der Waals surface area contributed by atoms with Crippen LogP contribution in [-0.2, 0) is 18.4 Å². The Morgan fingerprint density at radius 2 is 2.53 bits per heavy atom. The normalized spacial score (nSPS) is 11.8. The van der Waals surface area contributed by atoms with Gasteiger partial charge in [-0.3, -0.25) is 4.79 Å². The summed E-state index contributed by atoms with van der Waals surface area (Å²) in [6.07, 6.45) is 2.07. The summed E-state index contributed by atoms with van der Waals surface area (Å²) in [6, 6.07) is 1.94. The quantitative estimate of drug-likeness (QED) is 0.752. The monoisotopic (exact) mass is 207 g/mol. The predicted molar refractivity (Wildman–Crippen MR) is 52.2 cm³/mol. The first-order valence-electron chi connectivity index (χ1n) is 4.69. The Hall–Kier alpha value is -1.90. The van der Waals surface area contributed by atoms with Crippen LogP contribution >= 0.6 is 0 Å². The van der Waals surface area contributed by atoms with E-state index in [-0.39, 0.29) is 5.91 Å². The smallest absolute Gasteiger partial charge is 0.237 e. The molecule has 1 aromatic rings. The molecule has 0 spiro atoms. The lowest BCUT2D eigenvalue weighted by molar-refractivity contribution is -0.123. The van der Waals surface area contributed by atoms with Crippen LogP contribution in [0.3, 0.4) is 0 Å². The summed E-state index contributed by atoms with van der Waals surface area (Å²) in [5.41, 5.74) is 0. The van der Waals surface area contributed by atoms with Crippen molar-refractivity contribution in [2.24, 2.45) is 13.0 Å². The summed E-state index contributed by atoms with van der Waals surface area (Å²) in [7, 11) is 1.79. The van der Waals surface area contributed by atoms with Crippen LogP contribution in [0.5, 0.6) is 0 Å². The Morgan fingerprint density at radius 1 is 1.80 bits per heavy atom. The van der Waals surface area contributed by atoms with Crippen molar-refractivity contribution >= 4 is 5.91 Å². The van der Waals surface area contributed by atoms with E-state index in [4.69, 9.17) is 5.26 Å². The lowest BCUT2D eigenvalue weighted by Crippen LogP contribution is -2.30. The second-order valence-corrected chi connectivity index (χ2v) is 3.17. The van der Waals surface area contributed by atoms with Gasteiger partial charge >= 0.3 is 0 Å². The molecule has 1 unspecified atom stereocenters. The summed E-state index contributed by atoms with van der Waals surface area (Å²) >= 11 is 0. The van der Waals surface area contributed by atoms with E-state index >= 15 is 0 Å². The summed E-state index contributed by atoms with van der Waals surface area (Å²) < 4.78 is 1.72. The van der Waals surface area contributed by atoms with E-state index in [9.17, 15) is 4.79 Å². The fraction of sp³-hybridized carbons (Fsp3) is 0.556. The average molecular weight is 207 g/mol. The number of carbonyl (C=O) groups excluding carboxylic acids is 1. The molecular formula is C9H13N5O. The van der Waals surface area contributed by atoms with Crippen LogP contribution in [0.25, 0.3) is 0 Å². The molecule has 15 heavy (non-hydrogen) atoms. The molecule has 6 nitrogen and oxygen atoms in total. The van der Waals surface area contributed by atoms with Crippen molar-refractivity contribution < 1.29 is 4.79 Å². The number of aryl methyl sites for hydroxylation is 1. The number of nitrogens with one attached hydrogen (secondary N) is 1. The van der Waals surface area contributed by atoms with E-state index in [1.807, 2.05) is 6.07 Å². The Morgan fingerprint density at radius 3 is 3.00 bits per heavy atom. The van der Waals surface area contributed by atoms with Gasteiger partial charge in [-0.1, -0.05) is 6.92 Å². The van der Waals surface area contributed by atoms with Crippen LogP contribution in [0, 0.1) is 17.2 Å². The van der Waals surface area contributed by atoms with Crippen molar-refractivity contribution in [1.82, 2.24) is 20.1 Å². The third kappa shape index (κ3) is 2.77. The molecule has 1 aromatic heterocycles. The van der Waals surface area contributed by atoms with Crippen molar-refractivity contribution in [3.63, 3.8) is 0 Å². The van der Waals surface area contributed by atoms with E-state index in [0.717, 1.165) is 0 Å². The first-order valence-corrected chi connectivity index (χ1v) is 4.69. The summed E-state index contributed by atoms with van der Waals surface area (Å²) in [6.45, 7) is 2.10. The van der Waals surface area contributed by atoms with Crippen LogP contribution < -0.4 is 5.32 Å². The van der Waals surface area contributed by atoms with E-state index in [1.165, 1.54) is 0 Å². The minimum atomic E-state index is -0.585. The lowest BCUT2D eigenvalue weighted by Gasteiger charge is -2.07. The van der Waals surface area contributed by atoms with Crippen LogP contribution in [-0.4, -0.2) is 20.7 Å². The molecule has 1 amide bonds. The Labute approximate surface area is 87.9 Å². The molecule has 0 aromatic carbocycles. The van der Waals surface area contributed by atoms with Gasteiger partial charge in [0.2, 0.25) is 5.91 Å². The topological polar surface area (TPSA) is 83.6 Å². The third-order valence-corrected chi connectivity index (χ3v) is 2.11. The lowest BCUT2D eigenvalue weighted by atomic mass is 10.1. The maximum absolute atomic E-state index is 11.4. The van der Waals surface area contributed by atoms with E-state index in [1.54, 1.807) is 24.9 Å². The standard InChI is InChI=1S/C9H13N5O/c1-3-7(4-10)9(15)11-5-8-13-12-6-14(8)2/h6-7H,3,5H2,1-2H3,(H,11,15). The average Bonchev–Trinajstić information content (AvgIpc) is 2.63. The van der Waals surface area contributed by atoms with Crippen molar-refractivity contribution in [1.29, 1.82) is 5.26 Å². The Bertz CT molecular complexity index is 378. The summed E-state index contributed by atoms with van der Waals surface area (Å²) in [4.78, 5) is 11.4. The number of hydrogen-bond acceptors (Lipinski definition) is 4. The number of rotatable bonds is 4. The molecule has 1 heterocycles. The number of aromatic nitrogens is 3. The predicted octanol–water partition coefficient (Wildman–Crippen LogP) is -0.0189. The zero-order chi connectivity index (χ0) is 11.3. The maximum atomic E-state index is 11.4. The first kappa shape index (κ1) is 11.2. The highest BCUT2D eigenvalue weighted by molar-refractivity contribution is 5.80. The molecule has 0 saturated carbocycles. The van der Waals surface area contributed by atoms with Crippen molar-refractivity contribution in [2.45, 2.75) is 19.9 Å². The zero-order valence-corrected chi connectivity index (χ0v) is 8.77. The van der Waals surface area contributed by atoms with Gasteiger partial charge < -0.3 is 9.88 Å². The fourth-order valence-electron chi connectivity index (χ4n) is 1.09. The van der Waals surface area contributed by atoms with Crippen molar-refractivity contribution in [3.8, 4) is 6.07 Å². The third-order valence-electron chi connectivity index (χ3n) is 2.11. The molecule has 1 atom stereocenters. The summed E-state index contributed by atoms with van der Waals surface area (Å²) in [5, 5.41) is 18.8. The Kier molecular flexibility index (Phi) is 3.80. The number of hydrogen-bond donors (Lipinski definition) is 1. The van der Waals surface area contributed by atoms with Gasteiger partial charge in [0, 0.05) is 7.05 Å². The Balaban J connectivity index is 2.48. The molecule has 0 bridgehead atoms. The van der Waals surface area contributed by atoms with Gasteiger partial charge in [-0.25, -0.2) is 0 Å². The minimum Gasteiger partial charge on any atom is -0.348 e. The molecule has 0 aliphatic rings. The van der Waals surface area contributed by atoms with E-state index in [2.05, 4.69) is 15.5 Å². The van der Waals surface area contributed by atoms with Crippen LogP contribution in [0.4, 0.5) is 0 Å². The molecule has 0 fully saturated rings. The second-order valence-electron chi connectivity index (χ2n) is 3.17. The first-order chi connectivity index (χ1) is 7.19. The van der Waals surface area contributed by atoms with Gasteiger partial charge in [0.15, 0.2) is 5.82 Å². The van der Waals surface area contributed by atoms with Gasteiger partial charge in [-0.15, -0.1) is 10.2 Å². The summed E-state index contributed by atoms with van der Waals surface area (Å²) in [5.74, 6) is -0.183. The highest BCUT2D eigenvalue weighted by Crippen LogP contribution is 2.00. The molecule has 0 aliphatic heterocycles. The van der Waals surface area contributed by atoms with Gasteiger partial charge in [0.05, 0.1) is 12.6 Å². The van der Waals surface area contributed by atoms with Crippen molar-refractivity contribution in [2.75, 3.05) is 0 Å². The zero-order valence-electron chi connectivity index (χ0n) is 8.77. The fourth-order valence-corrected chi connectivity index (χ4v) is 1.09. The van der Waals surface area contributed by atoms with Crippen LogP contribution in [0.15, 0.2) is 6.33 Å². The van der Waals surface area contributed by atoms with E-state index in [0.29, 0.717) is 18.8 Å². The van der Waals surface area contributed by atoms with E-state index < -0.39 is 5.92 Å². The molecule has 0 radical (unpaired) electrons. The van der Waals surface area contributed by atoms with Crippen LogP contribution in [0.2, 0.25) is 0 Å². The minimum absolute atomic E-state index is 0.261. The molecule has 0 saturated heterocycles. The van der Waals surface area contributed by atoms with Crippen LogP contribution in [0.1, 0.15) is 19.2 Å². The van der Waals surface area contributed by atoms with Gasteiger partial charge in [-0.05, 0) is 6.42 Å². The number of nitriles is 1. The number of amides is 1. The molecule has 0 aliphatic carbocycles. The van der Waals surface area contributed by atoms with Crippen molar-refractivity contribution in [3.05, 3.63) is 12.2 Å². The molecule has 1 rings (SSSR count). The highest BCUT2D eigenvalue weighted by Gasteiger charge is 2.15. The largest absolute Gasteiger partial charge is 0.348 e. The maximum Gasteiger partial charge on any atom is 0.237 e. The molecule has 80 valence electrons. The second kappa shape index (κ2) is 5.10. The van der Waals surface area contributed by atoms with Gasteiger partial charge in [0.25, 0.3) is 0 Å². The van der Waals surface area contributed by atoms with Gasteiger partial charge in [0.1, 0.15) is 12.2 Å². The highest BCUT2D eigenvalue weighted by atomic mass is 16.1. The number of carbonyl (C=O) groups is 1. The SMILES string of the molecule is CCC(C#N)C(=O)NCc1nncn1C. The number of nitrogens with zero attached hydrogens (tertiary/aromatic N) is 4. The molecule has 6 heteroatoms.